The highest BCUT2D eigenvalue weighted by Crippen LogP contribution is 2.30. The molecule has 34 heavy (non-hydrogen) atoms. The van der Waals surface area contributed by atoms with Crippen LogP contribution in [0.3, 0.4) is 0 Å². The normalized spacial score (nSPS) is 17.5. The van der Waals surface area contributed by atoms with Gasteiger partial charge < -0.3 is 20.2 Å². The Balaban J connectivity index is 1.35. The Morgan fingerprint density at radius 3 is 2.82 bits per heavy atom. The largest absolute Gasteiger partial charge is 0.346 e. The second-order valence-corrected chi connectivity index (χ2v) is 10.7. The zero-order chi connectivity index (χ0) is 24.0. The van der Waals surface area contributed by atoms with Gasteiger partial charge in [0.1, 0.15) is 5.69 Å². The number of carbonyl (C=O) groups is 1. The topological polar surface area (TPSA) is 121 Å². The number of carbonyl (C=O) groups excluding carboxylic acids is 1. The van der Waals surface area contributed by atoms with Crippen LogP contribution >= 0.6 is 0 Å². The second kappa shape index (κ2) is 8.41. The summed E-state index contributed by atoms with van der Waals surface area (Å²) >= 11 is 0. The number of sulfone groups is 1. The molecule has 1 saturated heterocycles. The minimum atomic E-state index is -3.78. The van der Waals surface area contributed by atoms with E-state index in [-0.39, 0.29) is 21.7 Å². The molecule has 2 aromatic heterocycles. The van der Waals surface area contributed by atoms with Crippen LogP contribution in [0.1, 0.15) is 33.9 Å². The third-order valence-electron chi connectivity index (χ3n) is 6.49. The summed E-state index contributed by atoms with van der Waals surface area (Å²) in [6.45, 7) is 5.52. The molecule has 2 aliphatic rings. The predicted molar refractivity (Wildman–Crippen MR) is 127 cm³/mol. The number of nitrogens with one attached hydrogen (secondary N) is 3. The third-order valence-corrected chi connectivity index (χ3v) is 8.36. The second-order valence-electron chi connectivity index (χ2n) is 8.74. The van der Waals surface area contributed by atoms with Crippen LogP contribution < -0.4 is 21.1 Å². The number of rotatable bonds is 5. The van der Waals surface area contributed by atoms with Crippen molar-refractivity contribution in [3.8, 4) is 0 Å². The van der Waals surface area contributed by atoms with Gasteiger partial charge in [-0.1, -0.05) is 0 Å². The van der Waals surface area contributed by atoms with E-state index in [9.17, 15) is 13.2 Å². The summed E-state index contributed by atoms with van der Waals surface area (Å²) in [6, 6.07) is 8.24. The van der Waals surface area contributed by atoms with Gasteiger partial charge in [-0.25, -0.2) is 23.8 Å². The standard InChI is InChI=1S/C23H27N7O3S/c1-14-6-8-24-23(26-14)30-9-7-17(13-30)27-22(31)20-11-21(15(2)29(20)3)34(32,33)18-4-5-19-16(10-18)12-25-28-19/h4-6,8,10-11,17,25,28H,7,9,12-13H2,1-3H3,(H,27,31)/t17-/m1/s1. The Morgan fingerprint density at radius 1 is 1.21 bits per heavy atom. The molecule has 4 heterocycles. The van der Waals surface area contributed by atoms with Crippen molar-refractivity contribution in [2.24, 2.45) is 7.05 Å². The average molecular weight is 482 g/mol. The first-order valence-corrected chi connectivity index (χ1v) is 12.6. The lowest BCUT2D eigenvalue weighted by Gasteiger charge is -2.17. The molecular formula is C23H27N7O3S. The van der Waals surface area contributed by atoms with Crippen molar-refractivity contribution in [3.05, 3.63) is 59.2 Å². The highest BCUT2D eigenvalue weighted by atomic mass is 32.2. The van der Waals surface area contributed by atoms with Crippen molar-refractivity contribution in [1.29, 1.82) is 0 Å². The minimum absolute atomic E-state index is 0.0800. The van der Waals surface area contributed by atoms with Crippen molar-refractivity contribution in [1.82, 2.24) is 25.3 Å². The van der Waals surface area contributed by atoms with Gasteiger partial charge in [0.2, 0.25) is 15.8 Å². The van der Waals surface area contributed by atoms with Gasteiger partial charge in [0.05, 0.1) is 15.5 Å². The summed E-state index contributed by atoms with van der Waals surface area (Å²) in [7, 11) is -2.07. The van der Waals surface area contributed by atoms with Gasteiger partial charge in [-0.15, -0.1) is 0 Å². The van der Waals surface area contributed by atoms with E-state index in [1.54, 1.807) is 42.9 Å². The van der Waals surface area contributed by atoms with Gasteiger partial charge in [-0.3, -0.25) is 4.79 Å². The van der Waals surface area contributed by atoms with E-state index in [0.717, 1.165) is 29.9 Å². The monoisotopic (exact) mass is 481 g/mol. The number of nitrogens with zero attached hydrogens (tertiary/aromatic N) is 4. The van der Waals surface area contributed by atoms with Crippen LogP contribution in [0.15, 0.2) is 46.3 Å². The van der Waals surface area contributed by atoms with Crippen molar-refractivity contribution >= 4 is 27.4 Å². The van der Waals surface area contributed by atoms with E-state index in [2.05, 4.69) is 26.1 Å². The smallest absolute Gasteiger partial charge is 0.268 e. The maximum absolute atomic E-state index is 13.4. The van der Waals surface area contributed by atoms with Crippen LogP contribution in [-0.4, -0.2) is 48.0 Å². The molecule has 10 nitrogen and oxygen atoms in total. The summed E-state index contributed by atoms with van der Waals surface area (Å²) in [5, 5.41) is 3.05. The van der Waals surface area contributed by atoms with Crippen LogP contribution in [0.5, 0.6) is 0 Å². The molecule has 0 radical (unpaired) electrons. The van der Waals surface area contributed by atoms with Gasteiger partial charge in [0.15, 0.2) is 0 Å². The zero-order valence-electron chi connectivity index (χ0n) is 19.3. The molecule has 0 aliphatic carbocycles. The molecule has 3 N–H and O–H groups in total. The van der Waals surface area contributed by atoms with Gasteiger partial charge in [-0.2, -0.15) is 0 Å². The number of aryl methyl sites for hydroxylation is 1. The van der Waals surface area contributed by atoms with Crippen LogP contribution in [0, 0.1) is 13.8 Å². The Hall–Kier alpha value is -3.44. The number of anilines is 2. The lowest BCUT2D eigenvalue weighted by Crippen LogP contribution is -2.38. The van der Waals surface area contributed by atoms with E-state index in [4.69, 9.17) is 0 Å². The average Bonchev–Trinajstić information content (AvgIpc) is 3.53. The molecule has 2 aliphatic heterocycles. The molecule has 3 aromatic rings. The SMILES string of the molecule is Cc1ccnc(N2CC[C@@H](NC(=O)c3cc(S(=O)(=O)c4ccc5c(c4)CNN5)c(C)n3C)C2)n1. The van der Waals surface area contributed by atoms with Gasteiger partial charge >= 0.3 is 0 Å². The van der Waals surface area contributed by atoms with E-state index in [0.29, 0.717) is 30.4 Å². The Bertz CT molecular complexity index is 1380. The fraction of sp³-hybridized carbons (Fsp3) is 0.348. The van der Waals surface area contributed by atoms with E-state index in [1.807, 2.05) is 17.9 Å². The quantitative estimate of drug-likeness (QED) is 0.504. The van der Waals surface area contributed by atoms with Crippen molar-refractivity contribution < 1.29 is 13.2 Å². The maximum Gasteiger partial charge on any atom is 0.268 e. The van der Waals surface area contributed by atoms with Gasteiger partial charge in [0.25, 0.3) is 5.91 Å². The molecule has 1 amide bonds. The predicted octanol–water partition coefficient (Wildman–Crippen LogP) is 1.70. The zero-order valence-corrected chi connectivity index (χ0v) is 20.1. The molecule has 1 fully saturated rings. The Morgan fingerprint density at radius 2 is 2.03 bits per heavy atom. The third kappa shape index (κ3) is 3.90. The molecule has 178 valence electrons. The molecule has 0 spiro atoms. The lowest BCUT2D eigenvalue weighted by molar-refractivity contribution is 0.0932. The lowest BCUT2D eigenvalue weighted by atomic mass is 10.2. The number of hydrazine groups is 1. The molecule has 1 atom stereocenters. The van der Waals surface area contributed by atoms with Crippen LogP contribution in [0.2, 0.25) is 0 Å². The number of amides is 1. The molecule has 5 rings (SSSR count). The molecule has 11 heteroatoms. The molecule has 0 saturated carbocycles. The summed E-state index contributed by atoms with van der Waals surface area (Å²) in [5.41, 5.74) is 9.45. The molecule has 1 aromatic carbocycles. The fourth-order valence-corrected chi connectivity index (χ4v) is 6.03. The van der Waals surface area contributed by atoms with Crippen LogP contribution in [0.25, 0.3) is 0 Å². The summed E-state index contributed by atoms with van der Waals surface area (Å²) in [4.78, 5) is 24.3. The van der Waals surface area contributed by atoms with Crippen LogP contribution in [-0.2, 0) is 23.4 Å². The van der Waals surface area contributed by atoms with Gasteiger partial charge in [0, 0.05) is 50.3 Å². The number of aromatic nitrogens is 3. The van der Waals surface area contributed by atoms with E-state index < -0.39 is 9.84 Å². The molecule has 0 bridgehead atoms. The van der Waals surface area contributed by atoms with Crippen LogP contribution in [0.4, 0.5) is 11.6 Å². The van der Waals surface area contributed by atoms with Crippen molar-refractivity contribution in [2.75, 3.05) is 23.4 Å². The highest BCUT2D eigenvalue weighted by Gasteiger charge is 2.30. The Kier molecular flexibility index (Phi) is 5.53. The summed E-state index contributed by atoms with van der Waals surface area (Å²) in [5.74, 6) is 0.353. The summed E-state index contributed by atoms with van der Waals surface area (Å²) in [6.07, 6.45) is 2.49. The molecular weight excluding hydrogens is 454 g/mol. The minimum Gasteiger partial charge on any atom is -0.346 e. The Labute approximate surface area is 198 Å². The fourth-order valence-electron chi connectivity index (χ4n) is 4.44. The molecule has 0 unspecified atom stereocenters. The number of fused-ring (bicyclic) bond motifs is 1. The van der Waals surface area contributed by atoms with Crippen molar-refractivity contribution in [3.63, 3.8) is 0 Å². The summed E-state index contributed by atoms with van der Waals surface area (Å²) < 4.78 is 28.5. The highest BCUT2D eigenvalue weighted by molar-refractivity contribution is 7.91. The van der Waals surface area contributed by atoms with Gasteiger partial charge in [-0.05, 0) is 56.2 Å². The first-order chi connectivity index (χ1) is 16.2. The number of hydrogen-bond donors (Lipinski definition) is 3. The van der Waals surface area contributed by atoms with E-state index in [1.165, 1.54) is 6.07 Å². The van der Waals surface area contributed by atoms with E-state index >= 15 is 0 Å². The first kappa shape index (κ1) is 22.4. The van der Waals surface area contributed by atoms with Crippen molar-refractivity contribution in [2.45, 2.75) is 42.6 Å². The number of benzene rings is 1. The maximum atomic E-state index is 13.4. The first-order valence-electron chi connectivity index (χ1n) is 11.1. The number of hydrogen-bond acceptors (Lipinski definition) is 8.